The standard InChI is InChI=1S/C21H27N7O2/c1-21(2)11-23-6-5-16(21)25-18-14(19(22)29)9-24-28-10-13(8-15(18)28)20-27-26-17(30-20)7-12-3-4-12/h8-10,12,16,23,25H,3-7,11H2,1-2H3,(H2,22,29)/t16-/m1/s1. The van der Waals surface area contributed by atoms with Gasteiger partial charge in [-0.25, -0.2) is 4.52 Å². The minimum absolute atomic E-state index is 0.0209. The van der Waals surface area contributed by atoms with E-state index >= 15 is 0 Å². The number of fused-ring (bicyclic) bond motifs is 1. The third kappa shape index (κ3) is 3.54. The second kappa shape index (κ2) is 7.09. The first-order valence-corrected chi connectivity index (χ1v) is 10.5. The fourth-order valence-corrected chi connectivity index (χ4v) is 4.15. The number of hydrogen-bond acceptors (Lipinski definition) is 7. The molecule has 1 atom stereocenters. The number of nitrogens with two attached hydrogens (primary N) is 1. The maximum atomic E-state index is 12.1. The summed E-state index contributed by atoms with van der Waals surface area (Å²) in [4.78, 5) is 12.1. The molecule has 0 bridgehead atoms. The molecule has 3 aromatic rings. The van der Waals surface area contributed by atoms with Gasteiger partial charge in [0, 0.05) is 25.2 Å². The summed E-state index contributed by atoms with van der Waals surface area (Å²) in [6.07, 6.45) is 7.60. The van der Waals surface area contributed by atoms with E-state index in [1.54, 1.807) is 4.52 Å². The zero-order valence-corrected chi connectivity index (χ0v) is 17.3. The second-order valence-corrected chi connectivity index (χ2v) is 9.16. The Morgan fingerprint density at radius 3 is 2.93 bits per heavy atom. The molecule has 2 aliphatic rings. The van der Waals surface area contributed by atoms with Crippen molar-refractivity contribution in [3.63, 3.8) is 0 Å². The van der Waals surface area contributed by atoms with Gasteiger partial charge in [0.1, 0.15) is 0 Å². The summed E-state index contributed by atoms with van der Waals surface area (Å²) in [6.45, 7) is 6.24. The summed E-state index contributed by atoms with van der Waals surface area (Å²) < 4.78 is 7.59. The van der Waals surface area contributed by atoms with E-state index in [1.165, 1.54) is 19.0 Å². The first kappa shape index (κ1) is 19.0. The van der Waals surface area contributed by atoms with Crippen molar-refractivity contribution < 1.29 is 9.21 Å². The lowest BCUT2D eigenvalue weighted by atomic mass is 9.80. The molecule has 0 spiro atoms. The lowest BCUT2D eigenvalue weighted by Gasteiger charge is -2.40. The van der Waals surface area contributed by atoms with Gasteiger partial charge in [-0.15, -0.1) is 10.2 Å². The maximum absolute atomic E-state index is 12.1. The summed E-state index contributed by atoms with van der Waals surface area (Å²) in [5, 5.41) is 19.8. The summed E-state index contributed by atoms with van der Waals surface area (Å²) >= 11 is 0. The van der Waals surface area contributed by atoms with E-state index in [2.05, 4.69) is 39.8 Å². The maximum Gasteiger partial charge on any atom is 0.252 e. The molecule has 1 saturated heterocycles. The first-order chi connectivity index (χ1) is 14.4. The Labute approximate surface area is 174 Å². The Bertz CT molecular complexity index is 1100. The summed E-state index contributed by atoms with van der Waals surface area (Å²) in [5.74, 6) is 1.30. The molecule has 5 rings (SSSR count). The zero-order valence-electron chi connectivity index (χ0n) is 17.3. The van der Waals surface area contributed by atoms with Crippen LogP contribution in [-0.2, 0) is 6.42 Å². The molecular weight excluding hydrogens is 382 g/mol. The fourth-order valence-electron chi connectivity index (χ4n) is 4.15. The average molecular weight is 409 g/mol. The third-order valence-corrected chi connectivity index (χ3v) is 6.23. The van der Waals surface area contributed by atoms with Gasteiger partial charge < -0.3 is 20.8 Å². The zero-order chi connectivity index (χ0) is 20.9. The van der Waals surface area contributed by atoms with Crippen molar-refractivity contribution in [3.8, 4) is 11.5 Å². The van der Waals surface area contributed by atoms with Gasteiger partial charge >= 0.3 is 0 Å². The molecule has 30 heavy (non-hydrogen) atoms. The summed E-state index contributed by atoms with van der Waals surface area (Å²) in [5.41, 5.74) is 8.29. The normalized spacial score (nSPS) is 21.1. The smallest absolute Gasteiger partial charge is 0.252 e. The van der Waals surface area contributed by atoms with Crippen LogP contribution in [0, 0.1) is 11.3 Å². The monoisotopic (exact) mass is 409 g/mol. The van der Waals surface area contributed by atoms with E-state index in [0.29, 0.717) is 29.0 Å². The molecule has 0 unspecified atom stereocenters. The fraction of sp³-hybridized carbons (Fsp3) is 0.524. The Morgan fingerprint density at radius 1 is 1.37 bits per heavy atom. The highest BCUT2D eigenvalue weighted by molar-refractivity contribution is 6.02. The van der Waals surface area contributed by atoms with Gasteiger partial charge in [0.15, 0.2) is 0 Å². The van der Waals surface area contributed by atoms with Crippen LogP contribution in [0.3, 0.4) is 0 Å². The number of carbonyl (C=O) groups is 1. The third-order valence-electron chi connectivity index (χ3n) is 6.23. The van der Waals surface area contributed by atoms with Gasteiger partial charge in [0.05, 0.1) is 28.5 Å². The van der Waals surface area contributed by atoms with Gasteiger partial charge in [-0.05, 0) is 43.2 Å². The highest BCUT2D eigenvalue weighted by atomic mass is 16.4. The quantitative estimate of drug-likeness (QED) is 0.570. The van der Waals surface area contributed by atoms with Gasteiger partial charge in [-0.2, -0.15) is 5.10 Å². The molecule has 2 fully saturated rings. The minimum atomic E-state index is -0.508. The van der Waals surface area contributed by atoms with E-state index in [-0.39, 0.29) is 11.5 Å². The molecule has 1 saturated carbocycles. The Hall–Kier alpha value is -2.94. The predicted octanol–water partition coefficient (Wildman–Crippen LogP) is 2.24. The van der Waals surface area contributed by atoms with E-state index in [1.807, 2.05) is 12.3 Å². The minimum Gasteiger partial charge on any atom is -0.421 e. The second-order valence-electron chi connectivity index (χ2n) is 9.16. The summed E-state index contributed by atoms with van der Waals surface area (Å²) in [7, 11) is 0. The number of amides is 1. The highest BCUT2D eigenvalue weighted by Gasteiger charge is 2.33. The van der Waals surface area contributed by atoms with Crippen molar-refractivity contribution in [2.45, 2.75) is 45.6 Å². The number of anilines is 1. The van der Waals surface area contributed by atoms with Crippen LogP contribution in [0.5, 0.6) is 0 Å². The van der Waals surface area contributed by atoms with Crippen molar-refractivity contribution in [2.24, 2.45) is 17.1 Å². The average Bonchev–Trinajstić information content (AvgIpc) is 3.21. The van der Waals surface area contributed by atoms with Gasteiger partial charge in [0.2, 0.25) is 11.8 Å². The lowest BCUT2D eigenvalue weighted by molar-refractivity contribution is 0.100. The molecular formula is C21H27N7O2. The van der Waals surface area contributed by atoms with Gasteiger partial charge in [-0.3, -0.25) is 4.79 Å². The van der Waals surface area contributed by atoms with E-state index < -0.39 is 5.91 Å². The molecule has 1 amide bonds. The Balaban J connectivity index is 1.53. The molecule has 158 valence electrons. The van der Waals surface area contributed by atoms with Crippen LogP contribution in [0.2, 0.25) is 0 Å². The Kier molecular flexibility index (Phi) is 4.50. The van der Waals surface area contributed by atoms with Crippen LogP contribution in [0.25, 0.3) is 17.0 Å². The lowest BCUT2D eigenvalue weighted by Crippen LogP contribution is -2.50. The molecule has 4 heterocycles. The number of nitrogens with one attached hydrogen (secondary N) is 2. The molecule has 1 aliphatic carbocycles. The summed E-state index contributed by atoms with van der Waals surface area (Å²) in [6, 6.07) is 2.11. The van der Waals surface area contributed by atoms with Crippen LogP contribution in [0.1, 0.15) is 49.4 Å². The topological polar surface area (TPSA) is 123 Å². The Morgan fingerprint density at radius 2 is 2.20 bits per heavy atom. The predicted molar refractivity (Wildman–Crippen MR) is 112 cm³/mol. The van der Waals surface area contributed by atoms with Crippen molar-refractivity contribution in [2.75, 3.05) is 18.4 Å². The molecule has 0 radical (unpaired) electrons. The van der Waals surface area contributed by atoms with E-state index in [4.69, 9.17) is 10.2 Å². The van der Waals surface area contributed by atoms with Crippen LogP contribution in [-0.4, -0.2) is 44.8 Å². The molecule has 1 aliphatic heterocycles. The number of rotatable bonds is 6. The van der Waals surface area contributed by atoms with Crippen molar-refractivity contribution in [1.82, 2.24) is 25.1 Å². The number of nitrogens with zero attached hydrogens (tertiary/aromatic N) is 4. The number of carbonyl (C=O) groups excluding carboxylic acids is 1. The van der Waals surface area contributed by atoms with E-state index in [0.717, 1.165) is 37.0 Å². The number of piperidine rings is 1. The molecule has 4 N–H and O–H groups in total. The van der Waals surface area contributed by atoms with Gasteiger partial charge in [-0.1, -0.05) is 13.8 Å². The first-order valence-electron chi connectivity index (χ1n) is 10.5. The number of aromatic nitrogens is 4. The van der Waals surface area contributed by atoms with Crippen molar-refractivity contribution >= 4 is 17.1 Å². The van der Waals surface area contributed by atoms with Crippen LogP contribution >= 0.6 is 0 Å². The molecule has 3 aromatic heterocycles. The molecule has 9 heteroatoms. The molecule has 0 aromatic carbocycles. The van der Waals surface area contributed by atoms with Crippen LogP contribution in [0.15, 0.2) is 22.9 Å². The molecule has 9 nitrogen and oxygen atoms in total. The largest absolute Gasteiger partial charge is 0.421 e. The van der Waals surface area contributed by atoms with Crippen LogP contribution < -0.4 is 16.4 Å². The van der Waals surface area contributed by atoms with Crippen molar-refractivity contribution in [3.05, 3.63) is 29.9 Å². The highest BCUT2D eigenvalue weighted by Crippen LogP contribution is 2.35. The van der Waals surface area contributed by atoms with Crippen molar-refractivity contribution in [1.29, 1.82) is 0 Å². The van der Waals surface area contributed by atoms with Gasteiger partial charge in [0.25, 0.3) is 5.91 Å². The number of primary amides is 1. The number of hydrogen-bond donors (Lipinski definition) is 3. The SMILES string of the molecule is CC1(C)CNCC[C@H]1Nc1c(C(N)=O)cnn2cc(-c3nnc(CC4CC4)o3)cc12. The van der Waals surface area contributed by atoms with E-state index in [9.17, 15) is 4.79 Å². The van der Waals surface area contributed by atoms with Crippen LogP contribution in [0.4, 0.5) is 5.69 Å².